The van der Waals surface area contributed by atoms with E-state index in [1.807, 2.05) is 0 Å². The maximum atomic E-state index is 12.9. The van der Waals surface area contributed by atoms with Crippen LogP contribution in [0.4, 0.5) is 23.1 Å². The number of ether oxygens (including phenoxy) is 1. The zero-order chi connectivity index (χ0) is 27.6. The highest BCUT2D eigenvalue weighted by Gasteiger charge is 2.26. The van der Waals surface area contributed by atoms with Crippen LogP contribution in [0, 0.1) is 0 Å². The lowest BCUT2D eigenvalue weighted by atomic mass is 9.91. The fraction of sp³-hybridized carbons (Fsp3) is 0.448. The molecule has 2 N–H and O–H groups in total. The molecule has 0 radical (unpaired) electrons. The highest BCUT2D eigenvalue weighted by Crippen LogP contribution is 2.36. The summed E-state index contributed by atoms with van der Waals surface area (Å²) in [6, 6.07) is 11.7. The molecule has 2 aromatic carbocycles. The van der Waals surface area contributed by atoms with E-state index in [1.54, 1.807) is 45.2 Å². The van der Waals surface area contributed by atoms with Crippen molar-refractivity contribution in [1.29, 1.82) is 0 Å². The second kappa shape index (κ2) is 11.7. The first kappa shape index (κ1) is 27.7. The first-order valence-electron chi connectivity index (χ1n) is 13.6. The molecular formula is C29H36ClN5O3S. The van der Waals surface area contributed by atoms with Gasteiger partial charge in [0.1, 0.15) is 10.8 Å². The van der Waals surface area contributed by atoms with Gasteiger partial charge in [-0.2, -0.15) is 4.98 Å². The number of sulfone groups is 1. The van der Waals surface area contributed by atoms with Crippen LogP contribution in [-0.2, 0) is 22.8 Å². The van der Waals surface area contributed by atoms with Crippen LogP contribution in [0.15, 0.2) is 47.5 Å². The Labute approximate surface area is 236 Å². The molecular weight excluding hydrogens is 534 g/mol. The van der Waals surface area contributed by atoms with Gasteiger partial charge in [0.2, 0.25) is 5.95 Å². The summed E-state index contributed by atoms with van der Waals surface area (Å²) in [4.78, 5) is 11.8. The minimum atomic E-state index is -3.52. The molecule has 10 heteroatoms. The summed E-state index contributed by atoms with van der Waals surface area (Å²) in [5.74, 6) is 1.35. The maximum Gasteiger partial charge on any atom is 0.229 e. The average Bonchev–Trinajstić information content (AvgIpc) is 2.94. The summed E-state index contributed by atoms with van der Waals surface area (Å²) in [5, 5.41) is 6.12. The molecule has 0 atom stereocenters. The molecule has 8 nitrogen and oxygen atoms in total. The van der Waals surface area contributed by atoms with Crippen molar-refractivity contribution < 1.29 is 13.2 Å². The third kappa shape index (κ3) is 6.00. The van der Waals surface area contributed by atoms with Crippen molar-refractivity contribution >= 4 is 44.6 Å². The Morgan fingerprint density at radius 3 is 2.56 bits per heavy atom. The van der Waals surface area contributed by atoms with Gasteiger partial charge in [-0.05, 0) is 68.5 Å². The Morgan fingerprint density at radius 2 is 1.82 bits per heavy atom. The zero-order valence-electron chi connectivity index (χ0n) is 22.7. The summed E-state index contributed by atoms with van der Waals surface area (Å²) in [5.41, 5.74) is 3.78. The summed E-state index contributed by atoms with van der Waals surface area (Å²) in [6.07, 6.45) is 9.06. The summed E-state index contributed by atoms with van der Waals surface area (Å²) < 4.78 is 31.5. The highest BCUT2D eigenvalue weighted by molar-refractivity contribution is 7.92. The number of nitrogens with one attached hydrogen (secondary N) is 2. The number of fused-ring (bicyclic) bond motifs is 1. The van der Waals surface area contributed by atoms with E-state index in [4.69, 9.17) is 16.3 Å². The first-order valence-corrected chi connectivity index (χ1v) is 15.5. The van der Waals surface area contributed by atoms with Crippen molar-refractivity contribution in [2.45, 2.75) is 75.1 Å². The third-order valence-corrected chi connectivity index (χ3v) is 10.2. The molecule has 0 spiro atoms. The number of aromatic nitrogens is 2. The van der Waals surface area contributed by atoms with Gasteiger partial charge >= 0.3 is 0 Å². The van der Waals surface area contributed by atoms with Crippen molar-refractivity contribution in [2.75, 3.05) is 24.3 Å². The zero-order valence-corrected chi connectivity index (χ0v) is 24.3. The maximum absolute atomic E-state index is 12.9. The summed E-state index contributed by atoms with van der Waals surface area (Å²) >= 11 is 6.43. The highest BCUT2D eigenvalue weighted by atomic mass is 35.5. The lowest BCUT2D eigenvalue weighted by Crippen LogP contribution is -2.40. The second-order valence-corrected chi connectivity index (χ2v) is 13.4. The molecule has 39 heavy (non-hydrogen) atoms. The van der Waals surface area contributed by atoms with Gasteiger partial charge in [0, 0.05) is 19.1 Å². The van der Waals surface area contributed by atoms with E-state index < -0.39 is 15.1 Å². The Hall–Kier alpha value is -2.88. The molecule has 2 aliphatic rings. The Morgan fingerprint density at radius 1 is 1.05 bits per heavy atom. The lowest BCUT2D eigenvalue weighted by molar-refractivity contribution is 0.141. The Kier molecular flexibility index (Phi) is 8.30. The third-order valence-electron chi connectivity index (χ3n) is 7.71. The van der Waals surface area contributed by atoms with Crippen LogP contribution in [0.5, 0.6) is 5.75 Å². The standard InChI is InChI=1S/C29H36ClN5O3S/c1-19(2)39(36,37)27-12-8-7-11-24(27)32-28-23(30)17-31-29(34-28)33-25-15-21-18-35(22-9-5-4-6-10-22)14-13-20(21)16-26(25)38-3/h7-8,11-12,15-17,19,22H,4-6,9-10,13-14,18H2,1-3H3,(H2,31,32,33,34). The molecule has 3 aromatic rings. The molecule has 2 heterocycles. The van der Waals surface area contributed by atoms with Crippen LogP contribution in [0.2, 0.25) is 5.02 Å². The normalized spacial score (nSPS) is 16.6. The van der Waals surface area contributed by atoms with Crippen LogP contribution < -0.4 is 15.4 Å². The van der Waals surface area contributed by atoms with E-state index in [9.17, 15) is 8.42 Å². The topological polar surface area (TPSA) is 96.4 Å². The minimum absolute atomic E-state index is 0.197. The molecule has 0 unspecified atom stereocenters. The largest absolute Gasteiger partial charge is 0.495 e. The molecule has 0 saturated heterocycles. The van der Waals surface area contributed by atoms with Crippen LogP contribution in [-0.4, -0.2) is 48.2 Å². The molecule has 1 fully saturated rings. The van der Waals surface area contributed by atoms with Gasteiger partial charge in [-0.1, -0.05) is 43.0 Å². The number of nitrogens with zero attached hydrogens (tertiary/aromatic N) is 3. The Bertz CT molecular complexity index is 1440. The number of anilines is 4. The van der Waals surface area contributed by atoms with Gasteiger partial charge in [-0.25, -0.2) is 13.4 Å². The van der Waals surface area contributed by atoms with Gasteiger partial charge in [-0.15, -0.1) is 0 Å². The molecule has 208 valence electrons. The van der Waals surface area contributed by atoms with Crippen LogP contribution in [0.25, 0.3) is 0 Å². The molecule has 5 rings (SSSR count). The predicted octanol–water partition coefficient (Wildman–Crippen LogP) is 6.50. The number of hydrogen-bond acceptors (Lipinski definition) is 8. The molecule has 0 amide bonds. The van der Waals surface area contributed by atoms with E-state index in [0.29, 0.717) is 23.5 Å². The summed E-state index contributed by atoms with van der Waals surface area (Å²) in [6.45, 7) is 5.32. The van der Waals surface area contributed by atoms with Gasteiger partial charge in [0.05, 0.1) is 34.8 Å². The number of benzene rings is 2. The fourth-order valence-corrected chi connectivity index (χ4v) is 6.81. The molecule has 1 aliphatic heterocycles. The van der Waals surface area contributed by atoms with E-state index in [2.05, 4.69) is 37.6 Å². The number of hydrogen-bond donors (Lipinski definition) is 2. The van der Waals surface area contributed by atoms with Crippen molar-refractivity contribution in [1.82, 2.24) is 14.9 Å². The van der Waals surface area contributed by atoms with Gasteiger partial charge < -0.3 is 15.4 Å². The van der Waals surface area contributed by atoms with Crippen molar-refractivity contribution in [2.24, 2.45) is 0 Å². The SMILES string of the molecule is COc1cc2c(cc1Nc1ncc(Cl)c(Nc3ccccc3S(=O)(=O)C(C)C)n1)CN(C1CCCCC1)CC2. The number of methoxy groups -OCH3 is 1. The minimum Gasteiger partial charge on any atom is -0.495 e. The summed E-state index contributed by atoms with van der Waals surface area (Å²) in [7, 11) is -1.86. The fourth-order valence-electron chi connectivity index (χ4n) is 5.47. The van der Waals surface area contributed by atoms with Crippen molar-refractivity contribution in [3.05, 3.63) is 58.7 Å². The quantitative estimate of drug-likeness (QED) is 0.317. The van der Waals surface area contributed by atoms with Crippen LogP contribution >= 0.6 is 11.6 Å². The van der Waals surface area contributed by atoms with E-state index >= 15 is 0 Å². The number of halogens is 1. The van der Waals surface area contributed by atoms with Gasteiger partial charge in [0.25, 0.3) is 0 Å². The molecule has 1 aliphatic carbocycles. The first-order chi connectivity index (χ1) is 18.8. The molecule has 0 bridgehead atoms. The van der Waals surface area contributed by atoms with E-state index in [0.717, 1.165) is 30.9 Å². The van der Waals surface area contributed by atoms with Crippen LogP contribution in [0.1, 0.15) is 57.1 Å². The lowest BCUT2D eigenvalue weighted by Gasteiger charge is -2.38. The molecule has 1 aromatic heterocycles. The van der Waals surface area contributed by atoms with Gasteiger partial charge in [0.15, 0.2) is 15.7 Å². The van der Waals surface area contributed by atoms with Crippen LogP contribution in [0.3, 0.4) is 0 Å². The number of rotatable bonds is 8. The smallest absolute Gasteiger partial charge is 0.229 e. The monoisotopic (exact) mass is 569 g/mol. The number of para-hydroxylation sites is 1. The van der Waals surface area contributed by atoms with E-state index in [1.165, 1.54) is 49.4 Å². The van der Waals surface area contributed by atoms with E-state index in [-0.39, 0.29) is 9.92 Å². The average molecular weight is 570 g/mol. The van der Waals surface area contributed by atoms with Crippen molar-refractivity contribution in [3.8, 4) is 5.75 Å². The Balaban J connectivity index is 1.40. The van der Waals surface area contributed by atoms with Crippen molar-refractivity contribution in [3.63, 3.8) is 0 Å². The second-order valence-electron chi connectivity index (χ2n) is 10.6. The predicted molar refractivity (Wildman–Crippen MR) is 156 cm³/mol. The molecule has 1 saturated carbocycles. The van der Waals surface area contributed by atoms with Gasteiger partial charge in [-0.3, -0.25) is 4.90 Å².